The molecule has 0 aromatic carbocycles. The van der Waals surface area contributed by atoms with Crippen LogP contribution in [-0.4, -0.2) is 13.2 Å². The van der Waals surface area contributed by atoms with Crippen LogP contribution in [0.15, 0.2) is 0 Å². The summed E-state index contributed by atoms with van der Waals surface area (Å²) >= 11 is 0. The lowest BCUT2D eigenvalue weighted by molar-refractivity contribution is -0.195. The molecule has 1 saturated heterocycles. The molecule has 0 amide bonds. The molecule has 0 atom stereocenters. The molecule has 0 unspecified atom stereocenters. The molecular formula is C17H34O. The second kappa shape index (κ2) is 5.94. The van der Waals surface area contributed by atoms with E-state index in [2.05, 4.69) is 27.7 Å². The third-order valence-corrected chi connectivity index (χ3v) is 5.04. The second-order valence-corrected chi connectivity index (χ2v) is 7.85. The lowest BCUT2D eigenvalue weighted by Crippen LogP contribution is -2.54. The van der Waals surface area contributed by atoms with Crippen molar-refractivity contribution in [2.24, 2.45) is 22.7 Å². The smallest absolute Gasteiger partial charge is 0.0545 e. The minimum absolute atomic E-state index is 0. The van der Waals surface area contributed by atoms with Crippen molar-refractivity contribution >= 4 is 0 Å². The number of rotatable bonds is 0. The first-order valence-corrected chi connectivity index (χ1v) is 7.49. The van der Waals surface area contributed by atoms with Crippen molar-refractivity contribution in [1.82, 2.24) is 0 Å². The maximum Gasteiger partial charge on any atom is 0.0545 e. The van der Waals surface area contributed by atoms with Crippen molar-refractivity contribution in [2.45, 2.75) is 73.6 Å². The first-order chi connectivity index (χ1) is 7.91. The van der Waals surface area contributed by atoms with Crippen molar-refractivity contribution in [3.8, 4) is 0 Å². The normalized spacial score (nSPS) is 26.7. The third kappa shape index (κ3) is 3.73. The van der Waals surface area contributed by atoms with Gasteiger partial charge in [0, 0.05) is 5.41 Å². The maximum absolute atomic E-state index is 5.24. The van der Waals surface area contributed by atoms with Crippen molar-refractivity contribution in [3.05, 3.63) is 0 Å². The predicted molar refractivity (Wildman–Crippen MR) is 79.8 cm³/mol. The van der Waals surface area contributed by atoms with E-state index in [1.165, 1.54) is 38.5 Å². The van der Waals surface area contributed by atoms with Crippen LogP contribution in [0.3, 0.4) is 0 Å². The fourth-order valence-corrected chi connectivity index (χ4v) is 3.35. The Morgan fingerprint density at radius 1 is 1.00 bits per heavy atom. The molecule has 0 bridgehead atoms. The molecule has 3 fully saturated rings. The second-order valence-electron chi connectivity index (χ2n) is 7.85. The van der Waals surface area contributed by atoms with Crippen LogP contribution >= 0.6 is 0 Å². The predicted octanol–water partition coefficient (Wildman–Crippen LogP) is 5.29. The topological polar surface area (TPSA) is 9.23 Å². The van der Waals surface area contributed by atoms with E-state index in [1.54, 1.807) is 0 Å². The van der Waals surface area contributed by atoms with Gasteiger partial charge < -0.3 is 4.74 Å². The van der Waals surface area contributed by atoms with Gasteiger partial charge in [0.25, 0.3) is 0 Å². The van der Waals surface area contributed by atoms with Gasteiger partial charge in [-0.05, 0) is 30.1 Å². The van der Waals surface area contributed by atoms with E-state index in [0.29, 0.717) is 10.8 Å². The largest absolute Gasteiger partial charge is 0.380 e. The van der Waals surface area contributed by atoms with E-state index >= 15 is 0 Å². The summed E-state index contributed by atoms with van der Waals surface area (Å²) < 4.78 is 5.24. The number of ether oxygens (including phenoxy) is 1. The molecule has 1 aliphatic heterocycles. The summed E-state index contributed by atoms with van der Waals surface area (Å²) in [7, 11) is 0. The Balaban J connectivity index is 0.000000199. The number of hydrogen-bond acceptors (Lipinski definition) is 1. The Bertz CT molecular complexity index is 233. The summed E-state index contributed by atoms with van der Waals surface area (Å²) in [5.74, 6) is 2.00. The zero-order valence-corrected chi connectivity index (χ0v) is 12.2. The summed E-state index contributed by atoms with van der Waals surface area (Å²) in [4.78, 5) is 0. The molecule has 0 N–H and O–H groups in total. The highest BCUT2D eigenvalue weighted by Gasteiger charge is 2.52. The van der Waals surface area contributed by atoms with E-state index in [-0.39, 0.29) is 7.43 Å². The molecule has 18 heavy (non-hydrogen) atoms. The highest BCUT2D eigenvalue weighted by Crippen LogP contribution is 2.56. The molecule has 1 nitrogen and oxygen atoms in total. The molecule has 1 heterocycles. The molecule has 3 rings (SSSR count). The van der Waals surface area contributed by atoms with Crippen LogP contribution in [-0.2, 0) is 4.74 Å². The van der Waals surface area contributed by atoms with E-state index < -0.39 is 0 Å². The van der Waals surface area contributed by atoms with E-state index in [0.717, 1.165) is 25.0 Å². The SMILES string of the molecule is C.CC(C)(C)C1CC2(COC2)C1.CC1CCCC1. The van der Waals surface area contributed by atoms with Crippen molar-refractivity contribution in [1.29, 1.82) is 0 Å². The summed E-state index contributed by atoms with van der Waals surface area (Å²) in [6, 6.07) is 0. The van der Waals surface area contributed by atoms with Gasteiger partial charge in [-0.3, -0.25) is 0 Å². The molecular weight excluding hydrogens is 220 g/mol. The lowest BCUT2D eigenvalue weighted by Gasteiger charge is -2.57. The quantitative estimate of drug-likeness (QED) is 0.570. The van der Waals surface area contributed by atoms with E-state index in [1.807, 2.05) is 0 Å². The molecule has 1 heteroatoms. The molecule has 0 aromatic rings. The van der Waals surface area contributed by atoms with Crippen LogP contribution in [0.5, 0.6) is 0 Å². The van der Waals surface area contributed by atoms with Crippen LogP contribution in [0, 0.1) is 22.7 Å². The Hall–Kier alpha value is -0.0400. The first kappa shape index (κ1) is 16.0. The van der Waals surface area contributed by atoms with Gasteiger partial charge in [0.15, 0.2) is 0 Å². The van der Waals surface area contributed by atoms with Gasteiger partial charge in [-0.25, -0.2) is 0 Å². The van der Waals surface area contributed by atoms with Crippen LogP contribution in [0.2, 0.25) is 0 Å². The standard InChI is InChI=1S/C10H18O.C6H12.CH4/c1-9(2,3)8-4-10(5-8)6-11-7-10;1-6-4-2-3-5-6;/h8H,4-7H2,1-3H3;6H,2-5H2,1H3;1H4. The Labute approximate surface area is 115 Å². The van der Waals surface area contributed by atoms with Gasteiger partial charge in [0.05, 0.1) is 13.2 Å². The summed E-state index contributed by atoms with van der Waals surface area (Å²) in [5, 5.41) is 0. The minimum Gasteiger partial charge on any atom is -0.380 e. The lowest BCUT2D eigenvalue weighted by atomic mass is 9.54. The first-order valence-electron chi connectivity index (χ1n) is 7.49. The summed E-state index contributed by atoms with van der Waals surface area (Å²) in [6.07, 6.45) is 8.77. The van der Waals surface area contributed by atoms with Gasteiger partial charge >= 0.3 is 0 Å². The van der Waals surface area contributed by atoms with Gasteiger partial charge in [-0.2, -0.15) is 0 Å². The van der Waals surface area contributed by atoms with Gasteiger partial charge in [-0.15, -0.1) is 0 Å². The summed E-state index contributed by atoms with van der Waals surface area (Å²) in [5.41, 5.74) is 1.18. The van der Waals surface area contributed by atoms with Crippen LogP contribution in [0.1, 0.15) is 73.6 Å². The molecule has 2 saturated carbocycles. The van der Waals surface area contributed by atoms with Crippen molar-refractivity contribution in [2.75, 3.05) is 13.2 Å². The molecule has 3 aliphatic rings. The zero-order chi connectivity index (χ0) is 12.5. The average Bonchev–Trinajstić information content (AvgIpc) is 2.48. The monoisotopic (exact) mass is 254 g/mol. The minimum atomic E-state index is 0. The molecule has 0 radical (unpaired) electrons. The Morgan fingerprint density at radius 2 is 1.50 bits per heavy atom. The molecule has 108 valence electrons. The fraction of sp³-hybridized carbons (Fsp3) is 1.00. The van der Waals surface area contributed by atoms with E-state index in [9.17, 15) is 0 Å². The van der Waals surface area contributed by atoms with Crippen molar-refractivity contribution in [3.63, 3.8) is 0 Å². The average molecular weight is 254 g/mol. The molecule has 1 spiro atoms. The number of hydrogen-bond donors (Lipinski definition) is 0. The van der Waals surface area contributed by atoms with Gasteiger partial charge in [-0.1, -0.05) is 60.8 Å². The van der Waals surface area contributed by atoms with Gasteiger partial charge in [0.2, 0.25) is 0 Å². The fourth-order valence-electron chi connectivity index (χ4n) is 3.35. The van der Waals surface area contributed by atoms with Crippen LogP contribution < -0.4 is 0 Å². The molecule has 0 aromatic heterocycles. The Morgan fingerprint density at radius 3 is 1.72 bits per heavy atom. The van der Waals surface area contributed by atoms with Crippen LogP contribution in [0.4, 0.5) is 0 Å². The molecule has 2 aliphatic carbocycles. The van der Waals surface area contributed by atoms with Gasteiger partial charge in [0.1, 0.15) is 0 Å². The van der Waals surface area contributed by atoms with Crippen LogP contribution in [0.25, 0.3) is 0 Å². The zero-order valence-electron chi connectivity index (χ0n) is 12.2. The Kier molecular flexibility index (Phi) is 5.29. The highest BCUT2D eigenvalue weighted by molar-refractivity contribution is 5.01. The van der Waals surface area contributed by atoms with Crippen molar-refractivity contribution < 1.29 is 4.74 Å². The highest BCUT2D eigenvalue weighted by atomic mass is 16.5. The maximum atomic E-state index is 5.24. The van der Waals surface area contributed by atoms with E-state index in [4.69, 9.17) is 4.74 Å². The summed E-state index contributed by atoms with van der Waals surface area (Å²) in [6.45, 7) is 11.5. The third-order valence-electron chi connectivity index (χ3n) is 5.04.